The number of allylic oxidation sites excluding steroid dienone is 3. The predicted octanol–water partition coefficient (Wildman–Crippen LogP) is 6.25. The van der Waals surface area contributed by atoms with Gasteiger partial charge in [0.2, 0.25) is 5.00 Å². The minimum absolute atomic E-state index is 0.156. The van der Waals surface area contributed by atoms with E-state index in [0.717, 1.165) is 20.7 Å². The number of hydrogen-bond acceptors (Lipinski definition) is 6. The second-order valence-corrected chi connectivity index (χ2v) is 10.1. The summed E-state index contributed by atoms with van der Waals surface area (Å²) in [6.45, 7) is 22.7. The van der Waals surface area contributed by atoms with Gasteiger partial charge in [0, 0.05) is 16.4 Å². The highest BCUT2D eigenvalue weighted by Gasteiger charge is 2.51. The quantitative estimate of drug-likeness (QED) is 0.323. The van der Waals surface area contributed by atoms with Crippen molar-refractivity contribution in [2.45, 2.75) is 33.1 Å². The number of fused-ring (bicyclic) bond motifs is 4. The SMILES string of the molecule is [C-]#[N+]C(C#N)=NC1=CC2=C(c3sc4cc(N=C(C#N)[N+]#[C-])sc4c3C2(C)C)C1(C)C. The smallest absolute Gasteiger partial charge is 0.350 e. The molecule has 2 aromatic rings. The number of thiophene rings is 2. The number of amidine groups is 2. The van der Waals surface area contributed by atoms with E-state index in [1.807, 2.05) is 24.3 Å². The summed E-state index contributed by atoms with van der Waals surface area (Å²) >= 11 is 3.18. The van der Waals surface area contributed by atoms with E-state index in [1.54, 1.807) is 11.3 Å². The Morgan fingerprint density at radius 2 is 1.63 bits per heavy atom. The molecule has 0 saturated carbocycles. The number of hydrogen-bond donors (Lipinski definition) is 0. The minimum Gasteiger partial charge on any atom is -0.351 e. The molecule has 0 aromatic carbocycles. The third-order valence-electron chi connectivity index (χ3n) is 5.55. The molecule has 2 aromatic heterocycles. The lowest BCUT2D eigenvalue weighted by atomic mass is 9.82. The monoisotopic (exact) mass is 426 g/mol. The van der Waals surface area contributed by atoms with Gasteiger partial charge in [-0.05, 0) is 36.6 Å². The largest absolute Gasteiger partial charge is 0.351 e. The van der Waals surface area contributed by atoms with Crippen molar-refractivity contribution >= 4 is 54.3 Å². The average molecular weight is 427 g/mol. The maximum Gasteiger partial charge on any atom is 0.350 e. The van der Waals surface area contributed by atoms with E-state index in [0.29, 0.717) is 5.00 Å². The molecule has 6 nitrogen and oxygen atoms in total. The molecule has 0 unspecified atom stereocenters. The van der Waals surface area contributed by atoms with E-state index in [4.69, 9.17) is 23.7 Å². The van der Waals surface area contributed by atoms with Crippen LogP contribution in [-0.2, 0) is 5.41 Å². The summed E-state index contributed by atoms with van der Waals surface area (Å²) in [6.07, 6.45) is 2.02. The average Bonchev–Trinajstić information content (AvgIpc) is 3.36. The Hall–Kier alpha value is -3.56. The molecule has 30 heavy (non-hydrogen) atoms. The molecule has 0 bridgehead atoms. The third-order valence-corrected chi connectivity index (χ3v) is 7.88. The molecule has 4 rings (SSSR count). The van der Waals surface area contributed by atoms with Crippen molar-refractivity contribution in [3.8, 4) is 12.1 Å². The highest BCUT2D eigenvalue weighted by molar-refractivity contribution is 7.30. The van der Waals surface area contributed by atoms with Crippen LogP contribution < -0.4 is 0 Å². The van der Waals surface area contributed by atoms with Gasteiger partial charge in [0.25, 0.3) is 0 Å². The maximum atomic E-state index is 9.13. The summed E-state index contributed by atoms with van der Waals surface area (Å²) in [6, 6.07) is 5.60. The van der Waals surface area contributed by atoms with Crippen molar-refractivity contribution in [1.82, 2.24) is 0 Å². The van der Waals surface area contributed by atoms with Crippen LogP contribution >= 0.6 is 22.7 Å². The first-order valence-electron chi connectivity index (χ1n) is 8.96. The van der Waals surface area contributed by atoms with Gasteiger partial charge in [-0.25, -0.2) is 10.5 Å². The van der Waals surface area contributed by atoms with Crippen LogP contribution in [0.5, 0.6) is 0 Å². The maximum absolute atomic E-state index is 9.13. The van der Waals surface area contributed by atoms with Gasteiger partial charge in [-0.15, -0.1) is 16.3 Å². The second-order valence-electron chi connectivity index (χ2n) is 7.97. The van der Waals surface area contributed by atoms with Gasteiger partial charge in [0.15, 0.2) is 0 Å². The molecular weight excluding hydrogens is 412 g/mol. The van der Waals surface area contributed by atoms with E-state index < -0.39 is 5.41 Å². The third kappa shape index (κ3) is 2.56. The summed E-state index contributed by atoms with van der Waals surface area (Å²) in [4.78, 5) is 16.1. The van der Waals surface area contributed by atoms with Gasteiger partial charge < -0.3 is 9.69 Å². The zero-order valence-corrected chi connectivity index (χ0v) is 18.3. The lowest BCUT2D eigenvalue weighted by molar-refractivity contribution is 0.607. The molecule has 0 saturated heterocycles. The summed E-state index contributed by atoms with van der Waals surface area (Å²) in [5.74, 6) is -0.323. The van der Waals surface area contributed by atoms with Crippen LogP contribution in [0.25, 0.3) is 24.7 Å². The molecule has 2 aliphatic carbocycles. The first-order valence-corrected chi connectivity index (χ1v) is 10.6. The van der Waals surface area contributed by atoms with Crippen LogP contribution in [-0.4, -0.2) is 11.7 Å². The fraction of sp³-hybridized carbons (Fsp3) is 0.273. The Kier molecular flexibility index (Phi) is 4.26. The van der Waals surface area contributed by atoms with Crippen LogP contribution in [0.1, 0.15) is 38.1 Å². The van der Waals surface area contributed by atoms with Crippen molar-refractivity contribution < 1.29 is 0 Å². The Labute approximate surface area is 182 Å². The normalized spacial score (nSPS) is 18.9. The molecule has 144 valence electrons. The predicted molar refractivity (Wildman–Crippen MR) is 120 cm³/mol. The van der Waals surface area contributed by atoms with Gasteiger partial charge in [-0.3, -0.25) is 0 Å². The number of aliphatic imine (C=N–C) groups is 2. The Bertz CT molecular complexity index is 1390. The first-order chi connectivity index (χ1) is 14.2. The summed E-state index contributed by atoms with van der Waals surface area (Å²) < 4.78 is 2.21. The summed E-state index contributed by atoms with van der Waals surface area (Å²) in [5.41, 5.74) is 3.63. The van der Waals surface area contributed by atoms with E-state index in [1.165, 1.54) is 27.4 Å². The van der Waals surface area contributed by atoms with Crippen LogP contribution in [0.4, 0.5) is 5.00 Å². The first kappa shape index (κ1) is 19.7. The molecular formula is C22H14N6S2. The summed E-state index contributed by atoms with van der Waals surface area (Å²) in [7, 11) is 0. The minimum atomic E-state index is -0.420. The lowest BCUT2D eigenvalue weighted by Gasteiger charge is -2.21. The fourth-order valence-corrected chi connectivity index (χ4v) is 7.14. The highest BCUT2D eigenvalue weighted by atomic mass is 32.1. The molecule has 0 aliphatic heterocycles. The van der Waals surface area contributed by atoms with Gasteiger partial charge in [0.1, 0.15) is 17.8 Å². The van der Waals surface area contributed by atoms with Crippen molar-refractivity contribution in [1.29, 1.82) is 10.5 Å². The molecule has 2 aliphatic rings. The van der Waals surface area contributed by atoms with Crippen molar-refractivity contribution in [2.24, 2.45) is 15.4 Å². The Balaban J connectivity index is 1.88. The zero-order chi connectivity index (χ0) is 21.8. The molecule has 0 radical (unpaired) electrons. The molecule has 0 amide bonds. The van der Waals surface area contributed by atoms with Gasteiger partial charge >= 0.3 is 11.7 Å². The number of rotatable bonds is 2. The highest BCUT2D eigenvalue weighted by Crippen LogP contribution is 2.64. The van der Waals surface area contributed by atoms with Crippen molar-refractivity contribution in [2.75, 3.05) is 0 Å². The van der Waals surface area contributed by atoms with Crippen molar-refractivity contribution in [3.05, 3.63) is 56.7 Å². The van der Waals surface area contributed by atoms with Gasteiger partial charge in [-0.2, -0.15) is 0 Å². The summed E-state index contributed by atoms with van der Waals surface area (Å²) in [5, 5.41) is 18.8. The van der Waals surface area contributed by atoms with E-state index in [2.05, 4.69) is 47.4 Å². The van der Waals surface area contributed by atoms with E-state index >= 15 is 0 Å². The number of nitriles is 2. The van der Waals surface area contributed by atoms with E-state index in [-0.39, 0.29) is 17.1 Å². The standard InChI is InChI=1S/C22H14N6S2/c1-21(2)11-7-13(27-14(9-23)25-5)22(3,4)17(11)20-18(21)19-12(29-20)8-16(30-19)28-15(10-24)26-6/h7-8H,1-4H3. The van der Waals surface area contributed by atoms with Crippen LogP contribution in [0.2, 0.25) is 0 Å². The molecule has 0 N–H and O–H groups in total. The molecule has 0 fully saturated rings. The van der Waals surface area contributed by atoms with Crippen LogP contribution in [0.3, 0.4) is 0 Å². The van der Waals surface area contributed by atoms with Gasteiger partial charge in [-0.1, -0.05) is 43.3 Å². The van der Waals surface area contributed by atoms with Crippen LogP contribution in [0.15, 0.2) is 33.4 Å². The van der Waals surface area contributed by atoms with Crippen molar-refractivity contribution in [3.63, 3.8) is 0 Å². The molecule has 8 heteroatoms. The molecule has 2 heterocycles. The fourth-order valence-electron chi connectivity index (χ4n) is 4.10. The molecule has 0 spiro atoms. The second kappa shape index (κ2) is 6.48. The zero-order valence-electron chi connectivity index (χ0n) is 16.7. The van der Waals surface area contributed by atoms with Gasteiger partial charge in [0.05, 0.1) is 14.8 Å². The Morgan fingerprint density at radius 1 is 1.00 bits per heavy atom. The molecule has 0 atom stereocenters. The van der Waals surface area contributed by atoms with Crippen LogP contribution in [0, 0.1) is 41.2 Å². The number of nitrogens with zero attached hydrogens (tertiary/aromatic N) is 6. The van der Waals surface area contributed by atoms with E-state index in [9.17, 15) is 0 Å². The lowest BCUT2D eigenvalue weighted by Crippen LogP contribution is -2.15. The Morgan fingerprint density at radius 3 is 2.23 bits per heavy atom. The topological polar surface area (TPSA) is 81.0 Å².